The van der Waals surface area contributed by atoms with Crippen molar-refractivity contribution in [2.75, 3.05) is 17.3 Å². The van der Waals surface area contributed by atoms with Crippen LogP contribution < -0.4 is 10.4 Å². The Bertz CT molecular complexity index is 944. The fourth-order valence-corrected chi connectivity index (χ4v) is 3.27. The Labute approximate surface area is 149 Å². The third-order valence-corrected chi connectivity index (χ3v) is 4.64. The smallest absolute Gasteiger partial charge is 0.267 e. The molecule has 2 aromatic carbocycles. The van der Waals surface area contributed by atoms with Crippen LogP contribution in [-0.2, 0) is 0 Å². The molecule has 1 aliphatic heterocycles. The second-order valence-electron chi connectivity index (χ2n) is 5.38. The van der Waals surface area contributed by atoms with E-state index in [-0.39, 0.29) is 5.91 Å². The minimum Gasteiger partial charge on any atom is -0.267 e. The van der Waals surface area contributed by atoms with Crippen molar-refractivity contribution in [3.63, 3.8) is 0 Å². The second-order valence-corrected chi connectivity index (χ2v) is 6.45. The summed E-state index contributed by atoms with van der Waals surface area (Å²) >= 11 is 1.57. The van der Waals surface area contributed by atoms with Gasteiger partial charge in [0.15, 0.2) is 5.17 Å². The van der Waals surface area contributed by atoms with Gasteiger partial charge in [-0.1, -0.05) is 48.2 Å². The zero-order valence-corrected chi connectivity index (χ0v) is 14.1. The maximum Gasteiger partial charge on any atom is 0.270 e. The minimum absolute atomic E-state index is 0.229. The summed E-state index contributed by atoms with van der Waals surface area (Å²) in [7, 11) is 0. The van der Waals surface area contributed by atoms with Crippen LogP contribution in [0.3, 0.4) is 0 Å². The van der Waals surface area contributed by atoms with Crippen LogP contribution in [0.15, 0.2) is 65.8 Å². The number of hydrogen-bond donors (Lipinski definition) is 1. The monoisotopic (exact) mass is 349 g/mol. The van der Waals surface area contributed by atoms with Gasteiger partial charge < -0.3 is 0 Å². The summed E-state index contributed by atoms with van der Waals surface area (Å²) in [6, 6.07) is 16.8. The van der Waals surface area contributed by atoms with Gasteiger partial charge in [-0.3, -0.25) is 15.2 Å². The number of hydrazine groups is 1. The van der Waals surface area contributed by atoms with Crippen molar-refractivity contribution in [3.05, 3.63) is 66.4 Å². The number of thioether (sulfide) groups is 1. The Hall–Kier alpha value is -2.93. The van der Waals surface area contributed by atoms with E-state index in [2.05, 4.69) is 20.4 Å². The number of anilines is 1. The number of aromatic nitrogens is 2. The minimum atomic E-state index is -0.229. The quantitative estimate of drug-likeness (QED) is 0.721. The highest BCUT2D eigenvalue weighted by Crippen LogP contribution is 2.20. The second kappa shape index (κ2) is 6.90. The number of benzene rings is 2. The molecule has 0 fully saturated rings. The fraction of sp³-hybridized carbons (Fsp3) is 0.111. The van der Waals surface area contributed by atoms with Gasteiger partial charge in [0.1, 0.15) is 0 Å². The standard InChI is InChI=1S/C18H15N5OS/c24-16(13-6-2-1-3-7-13)22-23(18-19-10-11-25-18)17-20-12-14-8-4-5-9-15(14)21-17/h1-9,12H,10-11H2,(H,22,24). The Kier molecular flexibility index (Phi) is 4.30. The third-order valence-electron chi connectivity index (χ3n) is 3.69. The number of para-hydroxylation sites is 1. The first-order valence-electron chi connectivity index (χ1n) is 7.86. The van der Waals surface area contributed by atoms with Gasteiger partial charge in [-0.15, -0.1) is 0 Å². The Balaban J connectivity index is 1.69. The van der Waals surface area contributed by atoms with Gasteiger partial charge in [0.25, 0.3) is 11.9 Å². The molecule has 0 radical (unpaired) electrons. The summed E-state index contributed by atoms with van der Waals surface area (Å²) in [6.45, 7) is 0.714. The van der Waals surface area contributed by atoms with E-state index in [0.717, 1.165) is 16.7 Å². The van der Waals surface area contributed by atoms with Gasteiger partial charge in [-0.2, -0.15) is 5.01 Å². The molecular weight excluding hydrogens is 334 g/mol. The SMILES string of the molecule is O=C(NN(C1=NCCS1)c1ncc2ccccc2n1)c1ccccc1. The van der Waals surface area contributed by atoms with E-state index in [1.807, 2.05) is 42.5 Å². The van der Waals surface area contributed by atoms with Crippen LogP contribution in [0.4, 0.5) is 5.95 Å². The molecule has 124 valence electrons. The molecule has 0 atom stereocenters. The van der Waals surface area contributed by atoms with E-state index >= 15 is 0 Å². The number of carbonyl (C=O) groups excluding carboxylic acids is 1. The van der Waals surface area contributed by atoms with Crippen molar-refractivity contribution in [1.82, 2.24) is 15.4 Å². The molecular formula is C18H15N5OS. The highest BCUT2D eigenvalue weighted by molar-refractivity contribution is 8.14. The van der Waals surface area contributed by atoms with Gasteiger partial charge in [0.05, 0.1) is 12.1 Å². The molecule has 0 saturated carbocycles. The Morgan fingerprint density at radius 2 is 1.88 bits per heavy atom. The molecule has 2 heterocycles. The lowest BCUT2D eigenvalue weighted by Crippen LogP contribution is -2.46. The van der Waals surface area contributed by atoms with Crippen molar-refractivity contribution in [3.8, 4) is 0 Å². The first-order valence-corrected chi connectivity index (χ1v) is 8.85. The van der Waals surface area contributed by atoms with E-state index in [9.17, 15) is 4.79 Å². The predicted molar refractivity (Wildman–Crippen MR) is 101 cm³/mol. The van der Waals surface area contributed by atoms with E-state index in [1.54, 1.807) is 35.1 Å². The largest absolute Gasteiger partial charge is 0.270 e. The highest BCUT2D eigenvalue weighted by Gasteiger charge is 2.23. The zero-order valence-electron chi connectivity index (χ0n) is 13.3. The number of nitrogens with one attached hydrogen (secondary N) is 1. The molecule has 3 aromatic rings. The number of fused-ring (bicyclic) bond motifs is 1. The molecule has 1 aliphatic rings. The summed E-state index contributed by atoms with van der Waals surface area (Å²) in [4.78, 5) is 26.0. The summed E-state index contributed by atoms with van der Waals surface area (Å²) in [5.41, 5.74) is 4.26. The Morgan fingerprint density at radius 1 is 1.08 bits per heavy atom. The van der Waals surface area contributed by atoms with E-state index in [0.29, 0.717) is 23.2 Å². The lowest BCUT2D eigenvalue weighted by atomic mass is 10.2. The summed E-state index contributed by atoms with van der Waals surface area (Å²) in [5.74, 6) is 1.05. The predicted octanol–water partition coefficient (Wildman–Crippen LogP) is 2.88. The molecule has 0 unspecified atom stereocenters. The van der Waals surface area contributed by atoms with Gasteiger partial charge in [-0.05, 0) is 18.2 Å². The average molecular weight is 349 g/mol. The number of amidine groups is 1. The van der Waals surface area contributed by atoms with Crippen LogP contribution in [0.25, 0.3) is 10.9 Å². The number of aliphatic imine (C=N–C) groups is 1. The lowest BCUT2D eigenvalue weighted by molar-refractivity contribution is 0.0954. The molecule has 25 heavy (non-hydrogen) atoms. The van der Waals surface area contributed by atoms with Crippen LogP contribution in [0.2, 0.25) is 0 Å². The van der Waals surface area contributed by atoms with E-state index < -0.39 is 0 Å². The summed E-state index contributed by atoms with van der Waals surface area (Å²) in [5, 5.41) is 3.21. The van der Waals surface area contributed by atoms with Crippen LogP contribution in [0.1, 0.15) is 10.4 Å². The van der Waals surface area contributed by atoms with Crippen molar-refractivity contribution >= 4 is 39.7 Å². The molecule has 6 nitrogen and oxygen atoms in total. The first kappa shape index (κ1) is 15.6. The third kappa shape index (κ3) is 3.32. The number of carbonyl (C=O) groups is 1. The normalized spacial score (nSPS) is 13.5. The summed E-state index contributed by atoms with van der Waals surface area (Å²) in [6.07, 6.45) is 1.75. The zero-order chi connectivity index (χ0) is 17.1. The number of hydrogen-bond acceptors (Lipinski definition) is 6. The van der Waals surface area contributed by atoms with Gasteiger partial charge in [0, 0.05) is 22.9 Å². The van der Waals surface area contributed by atoms with E-state index in [1.165, 1.54) is 0 Å². The van der Waals surface area contributed by atoms with Crippen LogP contribution >= 0.6 is 11.8 Å². The van der Waals surface area contributed by atoms with Crippen LogP contribution in [0.5, 0.6) is 0 Å². The molecule has 0 spiro atoms. The number of nitrogens with zero attached hydrogens (tertiary/aromatic N) is 4. The summed E-state index contributed by atoms with van der Waals surface area (Å²) < 4.78 is 0. The molecule has 0 aliphatic carbocycles. The lowest BCUT2D eigenvalue weighted by Gasteiger charge is -2.22. The highest BCUT2D eigenvalue weighted by atomic mass is 32.2. The van der Waals surface area contributed by atoms with E-state index in [4.69, 9.17) is 0 Å². The molecule has 1 N–H and O–H groups in total. The van der Waals surface area contributed by atoms with Crippen molar-refractivity contribution < 1.29 is 4.79 Å². The molecule has 0 saturated heterocycles. The maximum atomic E-state index is 12.6. The van der Waals surface area contributed by atoms with Crippen LogP contribution in [0, 0.1) is 0 Å². The molecule has 1 amide bonds. The van der Waals surface area contributed by atoms with Crippen LogP contribution in [-0.4, -0.2) is 33.3 Å². The topological polar surface area (TPSA) is 70.5 Å². The molecule has 0 bridgehead atoms. The van der Waals surface area contributed by atoms with Crippen molar-refractivity contribution in [2.45, 2.75) is 0 Å². The first-order chi connectivity index (χ1) is 12.3. The number of rotatable bonds is 2. The van der Waals surface area contributed by atoms with Gasteiger partial charge in [0.2, 0.25) is 0 Å². The van der Waals surface area contributed by atoms with Crippen molar-refractivity contribution in [1.29, 1.82) is 0 Å². The van der Waals surface area contributed by atoms with Crippen molar-refractivity contribution in [2.24, 2.45) is 4.99 Å². The number of amides is 1. The van der Waals surface area contributed by atoms with Gasteiger partial charge >= 0.3 is 0 Å². The Morgan fingerprint density at radius 3 is 2.68 bits per heavy atom. The molecule has 4 rings (SSSR count). The molecule has 7 heteroatoms. The average Bonchev–Trinajstić information content (AvgIpc) is 3.20. The molecule has 1 aromatic heterocycles. The maximum absolute atomic E-state index is 12.6. The van der Waals surface area contributed by atoms with Gasteiger partial charge in [-0.25, -0.2) is 9.97 Å². The fourth-order valence-electron chi connectivity index (χ4n) is 2.47.